The number of carbonyl (C=O) groups is 2. The smallest absolute Gasteiger partial charge is 0.264 e. The lowest BCUT2D eigenvalue weighted by Gasteiger charge is -2.31. The number of aromatic nitrogens is 3. The number of likely N-dealkylation sites (tertiary alicyclic amines) is 1. The lowest BCUT2D eigenvalue weighted by Crippen LogP contribution is -2.38. The summed E-state index contributed by atoms with van der Waals surface area (Å²) in [5, 5.41) is 14.0. The third-order valence-electron chi connectivity index (χ3n) is 9.49. The maximum absolute atomic E-state index is 13.5. The average Bonchev–Trinajstić information content (AvgIpc) is 3.83. The van der Waals surface area contributed by atoms with Gasteiger partial charge in [-0.15, -0.1) is 11.8 Å². The first-order valence-corrected chi connectivity index (χ1v) is 20.8. The zero-order valence-corrected chi connectivity index (χ0v) is 34.5. The van der Waals surface area contributed by atoms with Gasteiger partial charge in [0.05, 0.1) is 38.4 Å². The van der Waals surface area contributed by atoms with Gasteiger partial charge in [-0.2, -0.15) is 5.26 Å². The first kappa shape index (κ1) is 41.4. The van der Waals surface area contributed by atoms with Crippen molar-refractivity contribution in [3.8, 4) is 6.07 Å². The fraction of sp³-hybridized carbons (Fsp3) is 0.450. The Balaban J connectivity index is 1.05. The van der Waals surface area contributed by atoms with Crippen LogP contribution in [0.25, 0.3) is 6.08 Å². The average molecular weight is 809 g/mol. The highest BCUT2D eigenvalue weighted by molar-refractivity contribution is 8.00. The molecule has 0 radical (unpaired) electrons. The number of amides is 2. The first-order valence-electron chi connectivity index (χ1n) is 18.2. The van der Waals surface area contributed by atoms with E-state index >= 15 is 0 Å². The minimum Gasteiger partial charge on any atom is -0.444 e. The molecule has 1 N–H and O–H groups in total. The highest BCUT2D eigenvalue weighted by Crippen LogP contribution is 2.33. The van der Waals surface area contributed by atoms with Crippen molar-refractivity contribution >= 4 is 69.3 Å². The van der Waals surface area contributed by atoms with Crippen LogP contribution in [0.3, 0.4) is 0 Å². The van der Waals surface area contributed by atoms with Gasteiger partial charge in [0.15, 0.2) is 5.13 Å². The minimum atomic E-state index is -0.397. The largest absolute Gasteiger partial charge is 0.444 e. The number of nitrogens with zero attached hydrogens (tertiary/aromatic N) is 6. The molecular formula is C40H47Cl2N7O3S2. The summed E-state index contributed by atoms with van der Waals surface area (Å²) in [5.74, 6) is 1.78. The SMILES string of the molecule is CCCC(c1ccc(CCCN2CCC(C(=O)Nc3ncc(SCc4ncc(C(C)(C)C)o4)s3)CC2)cc1)N(C)C(=O)/C(C#N)=C/c1c(Cl)cncc1Cl. The van der Waals surface area contributed by atoms with Crippen molar-refractivity contribution in [3.05, 3.63) is 93.0 Å². The lowest BCUT2D eigenvalue weighted by molar-refractivity contribution is -0.127. The number of thiazole rings is 1. The molecule has 2 amide bonds. The zero-order valence-electron chi connectivity index (χ0n) is 31.4. The van der Waals surface area contributed by atoms with Gasteiger partial charge < -0.3 is 19.5 Å². The summed E-state index contributed by atoms with van der Waals surface area (Å²) >= 11 is 15.6. The second-order valence-electron chi connectivity index (χ2n) is 14.5. The number of benzene rings is 1. The Morgan fingerprint density at radius 1 is 1.13 bits per heavy atom. The van der Waals surface area contributed by atoms with Gasteiger partial charge in [-0.1, -0.05) is 92.9 Å². The van der Waals surface area contributed by atoms with Crippen molar-refractivity contribution in [2.24, 2.45) is 5.92 Å². The second kappa shape index (κ2) is 19.2. The summed E-state index contributed by atoms with van der Waals surface area (Å²) in [4.78, 5) is 43.4. The van der Waals surface area contributed by atoms with Crippen molar-refractivity contribution in [1.82, 2.24) is 24.8 Å². The van der Waals surface area contributed by atoms with Gasteiger partial charge >= 0.3 is 0 Å². The number of aryl methyl sites for hydroxylation is 1. The number of nitriles is 1. The molecule has 0 spiro atoms. The van der Waals surface area contributed by atoms with E-state index in [4.69, 9.17) is 27.6 Å². The maximum Gasteiger partial charge on any atom is 0.264 e. The fourth-order valence-corrected chi connectivity index (χ4v) is 8.52. The van der Waals surface area contributed by atoms with Gasteiger partial charge in [-0.3, -0.25) is 14.6 Å². The van der Waals surface area contributed by atoms with E-state index in [1.807, 2.05) is 6.07 Å². The third kappa shape index (κ3) is 11.2. The molecule has 54 heavy (non-hydrogen) atoms. The predicted octanol–water partition coefficient (Wildman–Crippen LogP) is 9.61. The number of hydrogen-bond acceptors (Lipinski definition) is 10. The summed E-state index contributed by atoms with van der Waals surface area (Å²) < 4.78 is 6.89. The Morgan fingerprint density at radius 2 is 1.83 bits per heavy atom. The number of piperidine rings is 1. The van der Waals surface area contributed by atoms with Crippen molar-refractivity contribution in [1.29, 1.82) is 5.26 Å². The van der Waals surface area contributed by atoms with Crippen LogP contribution in [0.5, 0.6) is 0 Å². The Morgan fingerprint density at radius 3 is 2.46 bits per heavy atom. The number of halogens is 2. The molecule has 0 saturated carbocycles. The maximum atomic E-state index is 13.5. The molecule has 14 heteroatoms. The predicted molar refractivity (Wildman–Crippen MR) is 218 cm³/mol. The number of rotatable bonds is 15. The number of oxazole rings is 1. The number of anilines is 1. The van der Waals surface area contributed by atoms with E-state index in [-0.39, 0.29) is 38.9 Å². The summed E-state index contributed by atoms with van der Waals surface area (Å²) in [6, 6.07) is 10.3. The Kier molecular flexibility index (Phi) is 14.8. The zero-order chi connectivity index (χ0) is 38.8. The minimum absolute atomic E-state index is 0.0241. The first-order chi connectivity index (χ1) is 25.9. The number of thioether (sulfide) groups is 1. The van der Waals surface area contributed by atoms with E-state index in [0.29, 0.717) is 22.3 Å². The monoisotopic (exact) mass is 807 g/mol. The van der Waals surface area contributed by atoms with Crippen LogP contribution in [-0.2, 0) is 27.2 Å². The standard InChI is InChI=1S/C40H47Cl2N7O3S2/c1-6-8-33(48(5)38(51)29(20-43)19-30-31(41)21-44-22-32(30)42)27-12-10-26(11-13-27)9-7-16-49-17-14-28(15-18-49)37(50)47-39-46-24-36(54-39)53-25-35-45-23-34(52-35)40(2,3)4/h10-13,19,21-24,28,33H,6-9,14-18,25H2,1-5H3,(H,46,47,50)/b29-19+. The van der Waals surface area contributed by atoms with Gasteiger partial charge in [0.25, 0.3) is 5.91 Å². The van der Waals surface area contributed by atoms with Crippen molar-refractivity contribution in [3.63, 3.8) is 0 Å². The summed E-state index contributed by atoms with van der Waals surface area (Å²) in [5.41, 5.74) is 2.51. The quantitative estimate of drug-likeness (QED) is 0.0710. The van der Waals surface area contributed by atoms with E-state index in [1.54, 1.807) is 36.1 Å². The molecular weight excluding hydrogens is 762 g/mol. The van der Waals surface area contributed by atoms with E-state index in [0.717, 1.165) is 73.7 Å². The molecule has 1 aliphatic rings. The Labute approximate surface area is 336 Å². The summed E-state index contributed by atoms with van der Waals surface area (Å²) in [6.07, 6.45) is 13.1. The van der Waals surface area contributed by atoms with Gasteiger partial charge in [0.1, 0.15) is 17.4 Å². The molecule has 1 atom stereocenters. The second-order valence-corrected chi connectivity index (χ2v) is 17.6. The third-order valence-corrected chi connectivity index (χ3v) is 12.2. The van der Waals surface area contributed by atoms with Crippen LogP contribution < -0.4 is 5.32 Å². The summed E-state index contributed by atoms with van der Waals surface area (Å²) in [7, 11) is 1.73. The molecule has 5 rings (SSSR count). The molecule has 1 aliphatic heterocycles. The molecule has 4 heterocycles. The molecule has 286 valence electrons. The number of hydrogen-bond donors (Lipinski definition) is 1. The Hall–Kier alpha value is -3.73. The highest BCUT2D eigenvalue weighted by atomic mass is 35.5. The van der Waals surface area contributed by atoms with Crippen LogP contribution in [0.1, 0.15) is 94.2 Å². The van der Waals surface area contributed by atoms with Crippen molar-refractivity contribution < 1.29 is 14.0 Å². The van der Waals surface area contributed by atoms with Crippen LogP contribution in [-0.4, -0.2) is 63.2 Å². The van der Waals surface area contributed by atoms with Crippen LogP contribution in [0.4, 0.5) is 5.13 Å². The number of pyridine rings is 1. The molecule has 1 fully saturated rings. The van der Waals surface area contributed by atoms with Crippen molar-refractivity contribution in [2.45, 2.75) is 87.6 Å². The molecule has 4 aromatic rings. The number of nitrogens with one attached hydrogen (secondary N) is 1. The Bertz CT molecular complexity index is 1940. The van der Waals surface area contributed by atoms with Crippen LogP contribution in [0.15, 0.2) is 63.3 Å². The molecule has 0 bridgehead atoms. The molecule has 10 nitrogen and oxygen atoms in total. The van der Waals surface area contributed by atoms with Crippen molar-refractivity contribution in [2.75, 3.05) is 32.0 Å². The molecule has 1 aromatic carbocycles. The molecule has 1 saturated heterocycles. The highest BCUT2D eigenvalue weighted by Gasteiger charge is 2.27. The van der Waals surface area contributed by atoms with Gasteiger partial charge in [-0.25, -0.2) is 9.97 Å². The van der Waals surface area contributed by atoms with Gasteiger partial charge in [0.2, 0.25) is 11.8 Å². The van der Waals surface area contributed by atoms with E-state index in [9.17, 15) is 14.9 Å². The van der Waals surface area contributed by atoms with E-state index < -0.39 is 5.91 Å². The van der Waals surface area contributed by atoms with Crippen LogP contribution >= 0.6 is 46.3 Å². The van der Waals surface area contributed by atoms with E-state index in [1.165, 1.54) is 35.4 Å². The lowest BCUT2D eigenvalue weighted by atomic mass is 9.94. The molecule has 0 aliphatic carbocycles. The molecule has 3 aromatic heterocycles. The number of carbonyl (C=O) groups excluding carboxylic acids is 2. The van der Waals surface area contributed by atoms with Crippen LogP contribution in [0, 0.1) is 17.2 Å². The van der Waals surface area contributed by atoms with Crippen LogP contribution in [0.2, 0.25) is 10.0 Å². The van der Waals surface area contributed by atoms with E-state index in [2.05, 4.69) is 77.1 Å². The topological polar surface area (TPSA) is 128 Å². The molecule has 1 unspecified atom stereocenters. The fourth-order valence-electron chi connectivity index (χ4n) is 6.31. The van der Waals surface area contributed by atoms with Gasteiger partial charge in [-0.05, 0) is 68.9 Å². The normalized spacial score (nSPS) is 14.8. The number of likely N-dealkylation sites (N-methyl/N-ethyl adjacent to an activating group) is 1. The summed E-state index contributed by atoms with van der Waals surface area (Å²) in [6.45, 7) is 11.1. The van der Waals surface area contributed by atoms with Gasteiger partial charge in [0, 0.05) is 36.3 Å².